The third-order valence-electron chi connectivity index (χ3n) is 4.77. The molecule has 1 saturated heterocycles. The van der Waals surface area contributed by atoms with Crippen LogP contribution in [0.2, 0.25) is 0 Å². The summed E-state index contributed by atoms with van der Waals surface area (Å²) in [7, 11) is 5.83. The Hall–Kier alpha value is -2.28. The Labute approximate surface area is 169 Å². The SMILES string of the molecule is CN=C(NCc1ccccc1OCCN(C)C)NC1CCN(C(=O)C(C)C)C1. The molecule has 1 aliphatic rings. The molecule has 2 N–H and O–H groups in total. The Bertz CT molecular complexity index is 660. The second-order valence-corrected chi connectivity index (χ2v) is 7.75. The monoisotopic (exact) mass is 389 g/mol. The van der Waals surface area contributed by atoms with Gasteiger partial charge in [0.15, 0.2) is 5.96 Å². The Morgan fingerprint density at radius 1 is 1.36 bits per heavy atom. The van der Waals surface area contributed by atoms with Gasteiger partial charge in [0.05, 0.1) is 0 Å². The zero-order valence-corrected chi connectivity index (χ0v) is 17.9. The van der Waals surface area contributed by atoms with Gasteiger partial charge < -0.3 is 25.2 Å². The molecule has 0 bridgehead atoms. The lowest BCUT2D eigenvalue weighted by Gasteiger charge is -2.21. The minimum absolute atomic E-state index is 0.0418. The fourth-order valence-electron chi connectivity index (χ4n) is 3.14. The van der Waals surface area contributed by atoms with Crippen molar-refractivity contribution in [2.45, 2.75) is 32.9 Å². The molecule has 0 aromatic heterocycles. The summed E-state index contributed by atoms with van der Waals surface area (Å²) in [4.78, 5) is 20.5. The molecule has 1 aromatic rings. The van der Waals surface area contributed by atoms with E-state index < -0.39 is 0 Å². The lowest BCUT2D eigenvalue weighted by Crippen LogP contribution is -2.45. The number of nitrogens with one attached hydrogen (secondary N) is 2. The lowest BCUT2D eigenvalue weighted by atomic mass is 10.2. The fraction of sp³-hybridized carbons (Fsp3) is 0.619. The van der Waals surface area contributed by atoms with Crippen LogP contribution in [0.15, 0.2) is 29.3 Å². The second-order valence-electron chi connectivity index (χ2n) is 7.75. The first kappa shape index (κ1) is 22.0. The maximum absolute atomic E-state index is 12.2. The van der Waals surface area contributed by atoms with E-state index in [0.717, 1.165) is 43.3 Å². The number of amides is 1. The van der Waals surface area contributed by atoms with Crippen LogP contribution in [-0.4, -0.2) is 75.1 Å². The Kier molecular flexibility index (Phi) is 8.57. The Morgan fingerprint density at radius 3 is 2.79 bits per heavy atom. The minimum atomic E-state index is 0.0418. The van der Waals surface area contributed by atoms with E-state index in [1.54, 1.807) is 7.05 Å². The highest BCUT2D eigenvalue weighted by Gasteiger charge is 2.27. The van der Waals surface area contributed by atoms with E-state index >= 15 is 0 Å². The smallest absolute Gasteiger partial charge is 0.225 e. The summed E-state index contributed by atoms with van der Waals surface area (Å²) in [6.45, 7) is 7.57. The lowest BCUT2D eigenvalue weighted by molar-refractivity contribution is -0.133. The highest BCUT2D eigenvalue weighted by atomic mass is 16.5. The van der Waals surface area contributed by atoms with Crippen molar-refractivity contribution in [1.82, 2.24) is 20.4 Å². The molecule has 7 heteroatoms. The van der Waals surface area contributed by atoms with Gasteiger partial charge in [0, 0.05) is 50.7 Å². The molecule has 1 aromatic carbocycles. The maximum atomic E-state index is 12.2. The van der Waals surface area contributed by atoms with Gasteiger partial charge >= 0.3 is 0 Å². The van der Waals surface area contributed by atoms with Crippen LogP contribution in [0.1, 0.15) is 25.8 Å². The summed E-state index contributed by atoms with van der Waals surface area (Å²) in [5.74, 6) is 1.89. The summed E-state index contributed by atoms with van der Waals surface area (Å²) in [5.41, 5.74) is 1.09. The number of rotatable bonds is 8. The van der Waals surface area contributed by atoms with Crippen LogP contribution in [0.5, 0.6) is 5.75 Å². The fourth-order valence-corrected chi connectivity index (χ4v) is 3.14. The zero-order valence-electron chi connectivity index (χ0n) is 17.9. The van der Waals surface area contributed by atoms with Crippen molar-refractivity contribution in [3.63, 3.8) is 0 Å². The van der Waals surface area contributed by atoms with E-state index in [0.29, 0.717) is 13.2 Å². The second kappa shape index (κ2) is 10.9. The van der Waals surface area contributed by atoms with Gasteiger partial charge in [0.25, 0.3) is 0 Å². The number of para-hydroxylation sites is 1. The first-order valence-corrected chi connectivity index (χ1v) is 10.0. The summed E-state index contributed by atoms with van der Waals surface area (Å²) in [5, 5.41) is 6.80. The summed E-state index contributed by atoms with van der Waals surface area (Å²) < 4.78 is 5.92. The molecule has 1 aliphatic heterocycles. The molecule has 0 aliphatic carbocycles. The van der Waals surface area contributed by atoms with Gasteiger partial charge in [-0.15, -0.1) is 0 Å². The number of ether oxygens (including phenoxy) is 1. The molecule has 1 amide bonds. The largest absolute Gasteiger partial charge is 0.492 e. The molecule has 28 heavy (non-hydrogen) atoms. The Balaban J connectivity index is 1.85. The van der Waals surface area contributed by atoms with Crippen molar-refractivity contribution < 1.29 is 9.53 Å². The van der Waals surface area contributed by atoms with E-state index in [2.05, 4.69) is 26.6 Å². The molecule has 1 atom stereocenters. The predicted molar refractivity (Wildman–Crippen MR) is 114 cm³/mol. The minimum Gasteiger partial charge on any atom is -0.492 e. The molecule has 1 fully saturated rings. The van der Waals surface area contributed by atoms with E-state index in [-0.39, 0.29) is 17.9 Å². The molecular weight excluding hydrogens is 354 g/mol. The van der Waals surface area contributed by atoms with Crippen molar-refractivity contribution in [2.24, 2.45) is 10.9 Å². The van der Waals surface area contributed by atoms with E-state index in [1.807, 2.05) is 51.0 Å². The van der Waals surface area contributed by atoms with Crippen LogP contribution in [0.25, 0.3) is 0 Å². The number of aliphatic imine (C=N–C) groups is 1. The van der Waals surface area contributed by atoms with Crippen molar-refractivity contribution >= 4 is 11.9 Å². The molecule has 1 heterocycles. The molecule has 2 rings (SSSR count). The van der Waals surface area contributed by atoms with Crippen LogP contribution in [0.3, 0.4) is 0 Å². The third kappa shape index (κ3) is 6.71. The van der Waals surface area contributed by atoms with Crippen LogP contribution in [0, 0.1) is 5.92 Å². The average molecular weight is 390 g/mol. The van der Waals surface area contributed by atoms with E-state index in [9.17, 15) is 4.79 Å². The van der Waals surface area contributed by atoms with E-state index in [1.165, 1.54) is 0 Å². The van der Waals surface area contributed by atoms with Gasteiger partial charge in [-0.05, 0) is 26.6 Å². The molecule has 0 radical (unpaired) electrons. The maximum Gasteiger partial charge on any atom is 0.225 e. The molecule has 0 saturated carbocycles. The number of benzene rings is 1. The number of hydrogen-bond acceptors (Lipinski definition) is 4. The molecule has 0 spiro atoms. The van der Waals surface area contributed by atoms with Crippen molar-refractivity contribution in [2.75, 3.05) is 47.4 Å². The van der Waals surface area contributed by atoms with Crippen molar-refractivity contribution in [3.8, 4) is 5.75 Å². The van der Waals surface area contributed by atoms with Crippen LogP contribution in [-0.2, 0) is 11.3 Å². The number of nitrogens with zero attached hydrogens (tertiary/aromatic N) is 3. The van der Waals surface area contributed by atoms with Crippen LogP contribution < -0.4 is 15.4 Å². The van der Waals surface area contributed by atoms with Crippen LogP contribution in [0.4, 0.5) is 0 Å². The Morgan fingerprint density at radius 2 is 2.11 bits per heavy atom. The summed E-state index contributed by atoms with van der Waals surface area (Å²) in [6, 6.07) is 8.28. The van der Waals surface area contributed by atoms with Crippen LogP contribution >= 0.6 is 0 Å². The molecular formula is C21H35N5O2. The quantitative estimate of drug-likeness (QED) is 0.522. The van der Waals surface area contributed by atoms with Gasteiger partial charge in [-0.3, -0.25) is 9.79 Å². The van der Waals surface area contributed by atoms with Gasteiger partial charge in [0.2, 0.25) is 5.91 Å². The molecule has 156 valence electrons. The molecule has 1 unspecified atom stereocenters. The topological polar surface area (TPSA) is 69.2 Å². The standard InChI is InChI=1S/C21H35N5O2/c1-16(2)20(27)26-11-10-18(15-26)24-21(22-3)23-14-17-8-6-7-9-19(17)28-13-12-25(4)5/h6-9,16,18H,10-15H2,1-5H3,(H2,22,23,24). The average Bonchev–Trinajstić information content (AvgIpc) is 3.13. The summed E-state index contributed by atoms with van der Waals surface area (Å²) in [6.07, 6.45) is 0.934. The highest BCUT2D eigenvalue weighted by Crippen LogP contribution is 2.18. The third-order valence-corrected chi connectivity index (χ3v) is 4.77. The van der Waals surface area contributed by atoms with Gasteiger partial charge in [-0.2, -0.15) is 0 Å². The van der Waals surface area contributed by atoms with E-state index in [4.69, 9.17) is 4.74 Å². The first-order chi connectivity index (χ1) is 13.4. The van der Waals surface area contributed by atoms with Crippen molar-refractivity contribution in [1.29, 1.82) is 0 Å². The van der Waals surface area contributed by atoms with Gasteiger partial charge in [-0.25, -0.2) is 0 Å². The number of guanidine groups is 1. The number of hydrogen-bond donors (Lipinski definition) is 2. The number of likely N-dealkylation sites (tertiary alicyclic amines) is 1. The zero-order chi connectivity index (χ0) is 20.5. The van der Waals surface area contributed by atoms with Crippen molar-refractivity contribution in [3.05, 3.63) is 29.8 Å². The normalized spacial score (nSPS) is 17.3. The number of carbonyl (C=O) groups is 1. The summed E-state index contributed by atoms with van der Waals surface area (Å²) >= 11 is 0. The molecule has 7 nitrogen and oxygen atoms in total. The number of likely N-dealkylation sites (N-methyl/N-ethyl adjacent to an activating group) is 1. The predicted octanol–water partition coefficient (Wildman–Crippen LogP) is 1.55. The highest BCUT2D eigenvalue weighted by molar-refractivity contribution is 5.81. The first-order valence-electron chi connectivity index (χ1n) is 10.0. The number of carbonyl (C=O) groups excluding carboxylic acids is 1. The van der Waals surface area contributed by atoms with Gasteiger partial charge in [-0.1, -0.05) is 32.0 Å². The van der Waals surface area contributed by atoms with Gasteiger partial charge in [0.1, 0.15) is 12.4 Å².